The maximum Gasteiger partial charge on any atom is 0.233 e. The first-order valence-corrected chi connectivity index (χ1v) is 8.53. The zero-order valence-corrected chi connectivity index (χ0v) is 14.0. The fraction of sp³-hybridized carbons (Fsp3) is 0.368. The van der Waals surface area contributed by atoms with Crippen LogP contribution in [-0.2, 0) is 4.79 Å². The van der Waals surface area contributed by atoms with Gasteiger partial charge in [-0.05, 0) is 18.9 Å². The minimum absolute atomic E-state index is 0.00156. The van der Waals surface area contributed by atoms with Crippen molar-refractivity contribution in [2.45, 2.75) is 31.8 Å². The number of carbonyl (C=O) groups is 2. The van der Waals surface area contributed by atoms with Gasteiger partial charge in [0.2, 0.25) is 11.8 Å². The van der Waals surface area contributed by atoms with Crippen LogP contribution in [0.5, 0.6) is 5.88 Å². The third kappa shape index (κ3) is 4.86. The second-order valence-corrected chi connectivity index (χ2v) is 6.07. The van der Waals surface area contributed by atoms with E-state index in [2.05, 4.69) is 10.2 Å². The quantitative estimate of drug-likeness (QED) is 0.756. The largest absolute Gasteiger partial charge is 0.471 e. The summed E-state index contributed by atoms with van der Waals surface area (Å²) in [6, 6.07) is 12.6. The van der Waals surface area contributed by atoms with E-state index in [-0.39, 0.29) is 30.6 Å². The van der Waals surface area contributed by atoms with Gasteiger partial charge in [0.1, 0.15) is 6.10 Å². The predicted octanol–water partition coefficient (Wildman–Crippen LogP) is 2.51. The molecule has 0 N–H and O–H groups in total. The van der Waals surface area contributed by atoms with E-state index in [9.17, 15) is 9.59 Å². The van der Waals surface area contributed by atoms with Crippen LogP contribution in [0.1, 0.15) is 36.0 Å². The minimum atomic E-state index is -0.0841. The Morgan fingerprint density at radius 3 is 2.72 bits per heavy atom. The molecule has 1 atom stereocenters. The van der Waals surface area contributed by atoms with Gasteiger partial charge in [-0.1, -0.05) is 30.3 Å². The molecule has 1 aromatic carbocycles. The highest BCUT2D eigenvalue weighted by molar-refractivity contribution is 5.97. The molecule has 6 nitrogen and oxygen atoms in total. The Kier molecular flexibility index (Phi) is 5.72. The lowest BCUT2D eigenvalue weighted by Crippen LogP contribution is -2.44. The molecular formula is C19H21N3O3. The highest BCUT2D eigenvalue weighted by Crippen LogP contribution is 2.17. The number of aromatic nitrogens is 2. The summed E-state index contributed by atoms with van der Waals surface area (Å²) >= 11 is 0. The molecule has 3 rings (SSSR count). The van der Waals surface area contributed by atoms with E-state index in [0.29, 0.717) is 24.5 Å². The number of Topliss-reactive ketones (excluding diaryl/α,β-unsaturated/α-hetero) is 1. The van der Waals surface area contributed by atoms with Crippen molar-refractivity contribution in [1.82, 2.24) is 15.1 Å². The van der Waals surface area contributed by atoms with Crippen LogP contribution in [0.15, 0.2) is 48.7 Å². The summed E-state index contributed by atoms with van der Waals surface area (Å²) in [6.45, 7) is 1.23. The standard InChI is InChI=1S/C19H21N3O3/c23-17(15-6-2-1-3-7-15)10-11-19(24)22-13-5-8-16(14-22)25-18-9-4-12-20-21-18/h1-4,6-7,9,12,16H,5,8,10-11,13-14H2. The van der Waals surface area contributed by atoms with Crippen LogP contribution in [0.4, 0.5) is 0 Å². The summed E-state index contributed by atoms with van der Waals surface area (Å²) in [5.41, 5.74) is 0.651. The summed E-state index contributed by atoms with van der Waals surface area (Å²) in [5.74, 6) is 0.469. The maximum absolute atomic E-state index is 12.4. The second kappa shape index (κ2) is 8.37. The Morgan fingerprint density at radius 2 is 1.96 bits per heavy atom. The molecule has 2 heterocycles. The molecule has 1 aromatic heterocycles. The molecule has 1 aliphatic rings. The average Bonchev–Trinajstić information content (AvgIpc) is 2.67. The molecule has 130 valence electrons. The van der Waals surface area contributed by atoms with Crippen LogP contribution in [0.3, 0.4) is 0 Å². The normalized spacial score (nSPS) is 17.1. The van der Waals surface area contributed by atoms with E-state index in [4.69, 9.17) is 4.74 Å². The molecule has 1 saturated heterocycles. The SMILES string of the molecule is O=C(CCC(=O)N1CCCC(Oc2cccnn2)C1)c1ccccc1. The Bertz CT molecular complexity index is 706. The van der Waals surface area contributed by atoms with Crippen LogP contribution in [0.25, 0.3) is 0 Å². The lowest BCUT2D eigenvalue weighted by Gasteiger charge is -2.32. The molecule has 0 spiro atoms. The topological polar surface area (TPSA) is 72.4 Å². The molecule has 1 fully saturated rings. The smallest absolute Gasteiger partial charge is 0.233 e. The third-order valence-corrected chi connectivity index (χ3v) is 4.23. The van der Waals surface area contributed by atoms with Gasteiger partial charge < -0.3 is 9.64 Å². The van der Waals surface area contributed by atoms with Crippen molar-refractivity contribution in [2.75, 3.05) is 13.1 Å². The zero-order valence-electron chi connectivity index (χ0n) is 14.0. The summed E-state index contributed by atoms with van der Waals surface area (Å²) in [5, 5.41) is 7.70. The number of carbonyl (C=O) groups excluding carboxylic acids is 2. The second-order valence-electron chi connectivity index (χ2n) is 6.07. The predicted molar refractivity (Wildman–Crippen MR) is 92.3 cm³/mol. The lowest BCUT2D eigenvalue weighted by molar-refractivity contribution is -0.133. The van der Waals surface area contributed by atoms with Crippen molar-refractivity contribution in [3.63, 3.8) is 0 Å². The summed E-state index contributed by atoms with van der Waals surface area (Å²) in [7, 11) is 0. The van der Waals surface area contributed by atoms with Gasteiger partial charge in [0, 0.05) is 37.2 Å². The molecule has 25 heavy (non-hydrogen) atoms. The van der Waals surface area contributed by atoms with Gasteiger partial charge in [-0.15, -0.1) is 5.10 Å². The molecule has 1 amide bonds. The van der Waals surface area contributed by atoms with Crippen LogP contribution in [0, 0.1) is 0 Å². The number of nitrogens with zero attached hydrogens (tertiary/aromatic N) is 3. The van der Waals surface area contributed by atoms with Crippen LogP contribution in [0.2, 0.25) is 0 Å². The minimum Gasteiger partial charge on any atom is -0.471 e. The number of amides is 1. The molecule has 2 aromatic rings. The first-order chi connectivity index (χ1) is 12.2. The molecule has 1 aliphatic heterocycles. The Balaban J connectivity index is 1.49. The van der Waals surface area contributed by atoms with E-state index in [1.165, 1.54) is 0 Å². The highest BCUT2D eigenvalue weighted by atomic mass is 16.5. The van der Waals surface area contributed by atoms with Crippen molar-refractivity contribution < 1.29 is 14.3 Å². The first kappa shape index (κ1) is 17.1. The fourth-order valence-corrected chi connectivity index (χ4v) is 2.93. The van der Waals surface area contributed by atoms with Gasteiger partial charge in [0.25, 0.3) is 0 Å². The van der Waals surface area contributed by atoms with E-state index in [0.717, 1.165) is 12.8 Å². The summed E-state index contributed by atoms with van der Waals surface area (Å²) < 4.78 is 5.80. The molecule has 0 saturated carbocycles. The van der Waals surface area contributed by atoms with Crippen molar-refractivity contribution >= 4 is 11.7 Å². The Morgan fingerprint density at radius 1 is 1.12 bits per heavy atom. The van der Waals surface area contributed by atoms with Gasteiger partial charge in [-0.2, -0.15) is 5.10 Å². The van der Waals surface area contributed by atoms with Crippen molar-refractivity contribution in [2.24, 2.45) is 0 Å². The summed E-state index contributed by atoms with van der Waals surface area (Å²) in [4.78, 5) is 26.3. The van der Waals surface area contributed by atoms with Crippen LogP contribution >= 0.6 is 0 Å². The van der Waals surface area contributed by atoms with Gasteiger partial charge in [0.15, 0.2) is 5.78 Å². The number of likely N-dealkylation sites (tertiary alicyclic amines) is 1. The van der Waals surface area contributed by atoms with E-state index >= 15 is 0 Å². The number of ether oxygens (including phenoxy) is 1. The molecule has 0 bridgehead atoms. The summed E-state index contributed by atoms with van der Waals surface area (Å²) in [6.07, 6.45) is 3.72. The number of rotatable bonds is 6. The number of piperidine rings is 1. The van der Waals surface area contributed by atoms with Crippen LogP contribution < -0.4 is 4.74 Å². The Hall–Kier alpha value is -2.76. The molecule has 0 aliphatic carbocycles. The molecular weight excluding hydrogens is 318 g/mol. The van der Waals surface area contributed by atoms with Crippen molar-refractivity contribution in [3.8, 4) is 5.88 Å². The third-order valence-electron chi connectivity index (χ3n) is 4.23. The van der Waals surface area contributed by atoms with Crippen molar-refractivity contribution in [1.29, 1.82) is 0 Å². The van der Waals surface area contributed by atoms with Gasteiger partial charge >= 0.3 is 0 Å². The van der Waals surface area contributed by atoms with Gasteiger partial charge in [0.05, 0.1) is 6.54 Å². The molecule has 6 heteroatoms. The van der Waals surface area contributed by atoms with E-state index < -0.39 is 0 Å². The zero-order chi connectivity index (χ0) is 17.5. The van der Waals surface area contributed by atoms with Crippen molar-refractivity contribution in [3.05, 3.63) is 54.2 Å². The first-order valence-electron chi connectivity index (χ1n) is 8.53. The lowest BCUT2D eigenvalue weighted by atomic mass is 10.0. The maximum atomic E-state index is 12.4. The highest BCUT2D eigenvalue weighted by Gasteiger charge is 2.25. The Labute approximate surface area is 146 Å². The van der Waals surface area contributed by atoms with E-state index in [1.807, 2.05) is 18.2 Å². The number of hydrogen-bond acceptors (Lipinski definition) is 5. The number of benzene rings is 1. The fourth-order valence-electron chi connectivity index (χ4n) is 2.93. The number of ketones is 1. The van der Waals surface area contributed by atoms with Gasteiger partial charge in [-0.25, -0.2) is 0 Å². The molecule has 1 unspecified atom stereocenters. The number of hydrogen-bond donors (Lipinski definition) is 0. The average molecular weight is 339 g/mol. The van der Waals surface area contributed by atoms with Gasteiger partial charge in [-0.3, -0.25) is 9.59 Å². The van der Waals surface area contributed by atoms with Crippen LogP contribution in [-0.4, -0.2) is 46.0 Å². The van der Waals surface area contributed by atoms with E-state index in [1.54, 1.807) is 35.4 Å². The molecule has 0 radical (unpaired) electrons. The monoisotopic (exact) mass is 339 g/mol.